The van der Waals surface area contributed by atoms with Gasteiger partial charge in [-0.3, -0.25) is 13.9 Å². The zero-order valence-electron chi connectivity index (χ0n) is 21.9. The molecule has 9 nitrogen and oxygen atoms in total. The molecule has 208 valence electrons. The van der Waals surface area contributed by atoms with Crippen molar-refractivity contribution in [1.29, 1.82) is 0 Å². The first-order chi connectivity index (χ1) is 18.5. The van der Waals surface area contributed by atoms with Crippen LogP contribution in [-0.2, 0) is 26.2 Å². The van der Waals surface area contributed by atoms with E-state index in [1.165, 1.54) is 56.5 Å². The summed E-state index contributed by atoms with van der Waals surface area (Å²) in [4.78, 5) is 27.7. The minimum Gasteiger partial charge on any atom is -0.493 e. The van der Waals surface area contributed by atoms with Crippen molar-refractivity contribution in [3.05, 3.63) is 82.3 Å². The van der Waals surface area contributed by atoms with Crippen LogP contribution in [0.3, 0.4) is 0 Å². The van der Waals surface area contributed by atoms with Crippen LogP contribution >= 0.6 is 23.2 Å². The molecule has 0 aliphatic rings. The Morgan fingerprint density at radius 2 is 1.62 bits per heavy atom. The van der Waals surface area contributed by atoms with Gasteiger partial charge < -0.3 is 19.7 Å². The molecule has 0 aliphatic carbocycles. The van der Waals surface area contributed by atoms with Gasteiger partial charge in [-0.1, -0.05) is 47.5 Å². The second kappa shape index (κ2) is 13.1. The first kappa shape index (κ1) is 30.1. The second-order valence-corrected chi connectivity index (χ2v) is 11.1. The van der Waals surface area contributed by atoms with Gasteiger partial charge in [0.1, 0.15) is 12.6 Å². The molecular formula is C27H29Cl2N3O6S. The van der Waals surface area contributed by atoms with E-state index in [4.69, 9.17) is 32.7 Å². The number of ether oxygens (including phenoxy) is 2. The Hall–Kier alpha value is -3.47. The van der Waals surface area contributed by atoms with Crippen molar-refractivity contribution in [3.63, 3.8) is 0 Å². The molecule has 0 bridgehead atoms. The lowest BCUT2D eigenvalue weighted by Crippen LogP contribution is -2.50. The predicted molar refractivity (Wildman–Crippen MR) is 151 cm³/mol. The summed E-state index contributed by atoms with van der Waals surface area (Å²) in [5.74, 6) is -0.403. The number of carbonyl (C=O) groups is 2. The van der Waals surface area contributed by atoms with Crippen LogP contribution < -0.4 is 19.1 Å². The molecule has 3 rings (SSSR count). The van der Waals surface area contributed by atoms with Crippen molar-refractivity contribution in [1.82, 2.24) is 10.2 Å². The number of benzene rings is 3. The van der Waals surface area contributed by atoms with Gasteiger partial charge in [-0.2, -0.15) is 0 Å². The van der Waals surface area contributed by atoms with Gasteiger partial charge in [-0.15, -0.1) is 0 Å². The maximum Gasteiger partial charge on any atom is 0.264 e. The minimum atomic E-state index is -4.22. The third kappa shape index (κ3) is 6.95. The highest BCUT2D eigenvalue weighted by atomic mass is 35.5. The van der Waals surface area contributed by atoms with Gasteiger partial charge >= 0.3 is 0 Å². The Labute approximate surface area is 238 Å². The molecule has 0 radical (unpaired) electrons. The molecule has 0 aliphatic heterocycles. The van der Waals surface area contributed by atoms with E-state index < -0.39 is 34.4 Å². The Morgan fingerprint density at radius 3 is 2.21 bits per heavy atom. The number of sulfonamides is 1. The van der Waals surface area contributed by atoms with Crippen LogP contribution in [0.1, 0.15) is 12.5 Å². The summed E-state index contributed by atoms with van der Waals surface area (Å²) in [7, 11) is 0.111. The summed E-state index contributed by atoms with van der Waals surface area (Å²) in [5, 5.41) is 3.24. The van der Waals surface area contributed by atoms with E-state index in [0.29, 0.717) is 21.4 Å². The summed E-state index contributed by atoms with van der Waals surface area (Å²) in [6, 6.07) is 16.1. The SMILES string of the molecule is CNC(=O)[C@H](C)N(Cc1ccc(Cl)cc1Cl)C(=O)CN(c1ccc(OC)c(OC)c1)S(=O)(=O)c1ccccc1. The number of likely N-dealkylation sites (N-methyl/N-ethyl adjacent to an activating group) is 1. The van der Waals surface area contributed by atoms with Crippen molar-refractivity contribution in [2.45, 2.75) is 24.4 Å². The Kier molecular flexibility index (Phi) is 10.1. The van der Waals surface area contributed by atoms with Crippen LogP contribution in [0.4, 0.5) is 5.69 Å². The second-order valence-electron chi connectivity index (χ2n) is 8.41. The van der Waals surface area contributed by atoms with Crippen LogP contribution in [-0.4, -0.2) is 59.0 Å². The van der Waals surface area contributed by atoms with Crippen molar-refractivity contribution < 1.29 is 27.5 Å². The normalized spacial score (nSPS) is 11.8. The molecule has 3 aromatic rings. The average Bonchev–Trinajstić information content (AvgIpc) is 2.94. The topological polar surface area (TPSA) is 105 Å². The smallest absolute Gasteiger partial charge is 0.264 e. The molecule has 1 atom stereocenters. The number of nitrogens with one attached hydrogen (secondary N) is 1. The third-order valence-corrected chi connectivity index (χ3v) is 8.41. The lowest BCUT2D eigenvalue weighted by Gasteiger charge is -2.32. The zero-order valence-corrected chi connectivity index (χ0v) is 24.2. The van der Waals surface area contributed by atoms with Gasteiger partial charge in [-0.25, -0.2) is 8.42 Å². The fourth-order valence-corrected chi connectivity index (χ4v) is 5.75. The molecule has 0 spiro atoms. The molecule has 0 heterocycles. The van der Waals surface area contributed by atoms with Crippen molar-refractivity contribution in [2.75, 3.05) is 32.1 Å². The third-order valence-electron chi connectivity index (χ3n) is 6.03. The molecule has 0 saturated heterocycles. The molecule has 12 heteroatoms. The molecule has 39 heavy (non-hydrogen) atoms. The fraction of sp³-hybridized carbons (Fsp3) is 0.259. The van der Waals surface area contributed by atoms with Crippen molar-refractivity contribution >= 4 is 50.7 Å². The van der Waals surface area contributed by atoms with Crippen molar-refractivity contribution in [3.8, 4) is 11.5 Å². The quantitative estimate of drug-likeness (QED) is 0.354. The van der Waals surface area contributed by atoms with E-state index >= 15 is 0 Å². The van der Waals surface area contributed by atoms with Crippen LogP contribution in [0.2, 0.25) is 10.0 Å². The average molecular weight is 595 g/mol. The highest BCUT2D eigenvalue weighted by Gasteiger charge is 2.33. The molecule has 0 fully saturated rings. The number of methoxy groups -OCH3 is 2. The maximum absolute atomic E-state index is 13.8. The van der Waals surface area contributed by atoms with E-state index in [0.717, 1.165) is 4.31 Å². The van der Waals surface area contributed by atoms with E-state index in [-0.39, 0.29) is 22.9 Å². The molecule has 0 aromatic heterocycles. The number of rotatable bonds is 11. The molecule has 0 saturated carbocycles. The molecule has 2 amide bonds. The standard InChI is InChI=1S/C27H29Cl2N3O6S/c1-18(27(34)30-2)31(16-19-10-11-20(28)14-23(19)29)26(33)17-32(39(35,36)22-8-6-5-7-9-22)21-12-13-24(37-3)25(15-21)38-4/h5-15,18H,16-17H2,1-4H3,(H,30,34)/t18-/m0/s1. The van der Waals surface area contributed by atoms with Crippen LogP contribution in [0.5, 0.6) is 11.5 Å². The van der Waals surface area contributed by atoms with Gasteiger partial charge in [0.15, 0.2) is 11.5 Å². The minimum absolute atomic E-state index is 0.0146. The van der Waals surface area contributed by atoms with E-state index in [1.807, 2.05) is 0 Å². The maximum atomic E-state index is 13.8. The monoisotopic (exact) mass is 593 g/mol. The predicted octanol–water partition coefficient (Wildman–Crippen LogP) is 4.37. The summed E-state index contributed by atoms with van der Waals surface area (Å²) >= 11 is 12.4. The summed E-state index contributed by atoms with van der Waals surface area (Å²) < 4.78 is 39.3. The lowest BCUT2D eigenvalue weighted by atomic mass is 10.1. The zero-order chi connectivity index (χ0) is 28.7. The van der Waals surface area contributed by atoms with E-state index in [9.17, 15) is 18.0 Å². The van der Waals surface area contributed by atoms with E-state index in [2.05, 4.69) is 5.32 Å². The summed E-state index contributed by atoms with van der Waals surface area (Å²) in [6.45, 7) is 0.876. The molecule has 0 unspecified atom stereocenters. The molecular weight excluding hydrogens is 565 g/mol. The first-order valence-electron chi connectivity index (χ1n) is 11.8. The van der Waals surface area contributed by atoms with Crippen LogP contribution in [0.15, 0.2) is 71.6 Å². The number of nitrogens with zero attached hydrogens (tertiary/aromatic N) is 2. The Morgan fingerprint density at radius 1 is 0.949 bits per heavy atom. The Balaban J connectivity index is 2.09. The fourth-order valence-electron chi connectivity index (χ4n) is 3.85. The highest BCUT2D eigenvalue weighted by molar-refractivity contribution is 7.92. The largest absolute Gasteiger partial charge is 0.493 e. The first-order valence-corrected chi connectivity index (χ1v) is 14.0. The van der Waals surface area contributed by atoms with Crippen molar-refractivity contribution in [2.24, 2.45) is 0 Å². The van der Waals surface area contributed by atoms with Gasteiger partial charge in [0.2, 0.25) is 11.8 Å². The molecule has 3 aromatic carbocycles. The van der Waals surface area contributed by atoms with Gasteiger partial charge in [0.05, 0.1) is 24.8 Å². The van der Waals surface area contributed by atoms with Crippen LogP contribution in [0.25, 0.3) is 0 Å². The van der Waals surface area contributed by atoms with Gasteiger partial charge in [0.25, 0.3) is 10.0 Å². The molecule has 1 N–H and O–H groups in total. The number of hydrogen-bond acceptors (Lipinski definition) is 6. The van der Waals surface area contributed by atoms with Crippen LogP contribution in [0, 0.1) is 0 Å². The van der Waals surface area contributed by atoms with Gasteiger partial charge in [-0.05, 0) is 48.9 Å². The number of carbonyl (C=O) groups excluding carboxylic acids is 2. The summed E-state index contributed by atoms with van der Waals surface area (Å²) in [6.07, 6.45) is 0. The number of hydrogen-bond donors (Lipinski definition) is 1. The Bertz CT molecular complexity index is 1440. The van der Waals surface area contributed by atoms with Gasteiger partial charge in [0, 0.05) is 29.7 Å². The highest BCUT2D eigenvalue weighted by Crippen LogP contribution is 2.34. The lowest BCUT2D eigenvalue weighted by molar-refractivity contribution is -0.139. The number of anilines is 1. The number of halogens is 2. The van der Waals surface area contributed by atoms with E-state index in [1.54, 1.807) is 43.3 Å². The number of amides is 2. The summed E-state index contributed by atoms with van der Waals surface area (Å²) in [5.41, 5.74) is 0.704.